The summed E-state index contributed by atoms with van der Waals surface area (Å²) in [4.78, 5) is 23.3. The number of nitrogens with one attached hydrogen (secondary N) is 1. The van der Waals surface area contributed by atoms with E-state index in [9.17, 15) is 9.59 Å². The highest BCUT2D eigenvalue weighted by Crippen LogP contribution is 2.22. The van der Waals surface area contributed by atoms with Crippen molar-refractivity contribution in [2.75, 3.05) is 25.5 Å². The highest BCUT2D eigenvalue weighted by Gasteiger charge is 2.11. The molecule has 3 N–H and O–H groups in total. The fraction of sp³-hybridized carbons (Fsp3) is 0.500. The first-order chi connectivity index (χ1) is 10.4. The number of hydrogen-bond acceptors (Lipinski definition) is 5. The van der Waals surface area contributed by atoms with Crippen LogP contribution in [0.3, 0.4) is 0 Å². The molecular formula is C16H24N2O4. The number of carbonyl (C=O) groups excluding carboxylic acids is 2. The summed E-state index contributed by atoms with van der Waals surface area (Å²) < 4.78 is 10.4. The predicted octanol–water partition coefficient (Wildman–Crippen LogP) is 1.99. The van der Waals surface area contributed by atoms with Crippen molar-refractivity contribution in [1.82, 2.24) is 5.32 Å². The van der Waals surface area contributed by atoms with Crippen molar-refractivity contribution in [3.8, 4) is 5.75 Å². The maximum Gasteiger partial charge on any atom is 0.338 e. The molecule has 0 bridgehead atoms. The quantitative estimate of drug-likeness (QED) is 0.566. The summed E-state index contributed by atoms with van der Waals surface area (Å²) in [6.07, 6.45) is 0.758. The van der Waals surface area contributed by atoms with Crippen LogP contribution in [0.15, 0.2) is 18.2 Å². The summed E-state index contributed by atoms with van der Waals surface area (Å²) in [5, 5.41) is 2.75. The van der Waals surface area contributed by atoms with Crippen LogP contribution >= 0.6 is 0 Å². The predicted molar refractivity (Wildman–Crippen MR) is 84.8 cm³/mol. The van der Waals surface area contributed by atoms with Gasteiger partial charge in [-0.1, -0.05) is 20.8 Å². The van der Waals surface area contributed by atoms with E-state index < -0.39 is 5.97 Å². The van der Waals surface area contributed by atoms with Crippen LogP contribution in [0.5, 0.6) is 5.75 Å². The van der Waals surface area contributed by atoms with Gasteiger partial charge in [0.25, 0.3) is 5.91 Å². The zero-order valence-corrected chi connectivity index (χ0v) is 13.3. The number of benzene rings is 1. The fourth-order valence-corrected chi connectivity index (χ4v) is 1.60. The first-order valence-corrected chi connectivity index (χ1v) is 7.40. The highest BCUT2D eigenvalue weighted by atomic mass is 16.5. The third-order valence-electron chi connectivity index (χ3n) is 2.75. The molecule has 0 unspecified atom stereocenters. The lowest BCUT2D eigenvalue weighted by molar-refractivity contribution is -0.123. The normalized spacial score (nSPS) is 10.4. The molecule has 22 heavy (non-hydrogen) atoms. The lowest BCUT2D eigenvalue weighted by atomic mass is 10.2. The van der Waals surface area contributed by atoms with Crippen molar-refractivity contribution in [2.45, 2.75) is 27.2 Å². The Kier molecular flexibility index (Phi) is 7.22. The minimum atomic E-state index is -0.422. The average molecular weight is 308 g/mol. The van der Waals surface area contributed by atoms with Crippen LogP contribution in [0.25, 0.3) is 0 Å². The van der Waals surface area contributed by atoms with Crippen LogP contribution in [0, 0.1) is 5.92 Å². The average Bonchev–Trinajstić information content (AvgIpc) is 2.49. The minimum absolute atomic E-state index is 0.115. The second-order valence-electron chi connectivity index (χ2n) is 5.38. The lowest BCUT2D eigenvalue weighted by Gasteiger charge is -2.11. The van der Waals surface area contributed by atoms with E-state index in [0.29, 0.717) is 36.1 Å². The number of ether oxygens (including phenoxy) is 2. The van der Waals surface area contributed by atoms with Crippen molar-refractivity contribution in [3.05, 3.63) is 23.8 Å². The van der Waals surface area contributed by atoms with E-state index in [1.54, 1.807) is 12.1 Å². The molecule has 1 aromatic carbocycles. The first kappa shape index (κ1) is 17.8. The number of carbonyl (C=O) groups is 2. The Morgan fingerprint density at radius 3 is 2.64 bits per heavy atom. The molecule has 0 spiro atoms. The molecule has 0 fully saturated rings. The van der Waals surface area contributed by atoms with Gasteiger partial charge >= 0.3 is 5.97 Å². The van der Waals surface area contributed by atoms with Gasteiger partial charge in [-0.15, -0.1) is 0 Å². The Morgan fingerprint density at radius 1 is 1.32 bits per heavy atom. The molecule has 0 aromatic heterocycles. The molecule has 1 rings (SSSR count). The molecular weight excluding hydrogens is 284 g/mol. The lowest BCUT2D eigenvalue weighted by Crippen LogP contribution is -2.31. The summed E-state index contributed by atoms with van der Waals surface area (Å²) in [5.74, 6) is 0.114. The molecule has 0 saturated carbocycles. The summed E-state index contributed by atoms with van der Waals surface area (Å²) in [6.45, 7) is 6.79. The number of nitrogen functional groups attached to an aromatic ring is 1. The van der Waals surface area contributed by atoms with Gasteiger partial charge in [0.15, 0.2) is 6.61 Å². The molecule has 6 nitrogen and oxygen atoms in total. The molecule has 0 radical (unpaired) electrons. The minimum Gasteiger partial charge on any atom is -0.482 e. The van der Waals surface area contributed by atoms with Gasteiger partial charge in [0.2, 0.25) is 0 Å². The highest BCUT2D eigenvalue weighted by molar-refractivity contribution is 5.91. The van der Waals surface area contributed by atoms with E-state index in [2.05, 4.69) is 5.32 Å². The zero-order valence-electron chi connectivity index (χ0n) is 13.3. The SMILES string of the molecule is CCCOC(=O)c1ccc(OCC(=O)NCC(C)C)c(N)c1. The number of amides is 1. The third kappa shape index (κ3) is 6.03. The van der Waals surface area contributed by atoms with E-state index >= 15 is 0 Å². The summed E-state index contributed by atoms with van der Waals surface area (Å²) >= 11 is 0. The third-order valence-corrected chi connectivity index (χ3v) is 2.75. The second-order valence-corrected chi connectivity index (χ2v) is 5.38. The topological polar surface area (TPSA) is 90.6 Å². The van der Waals surface area contributed by atoms with Crippen molar-refractivity contribution < 1.29 is 19.1 Å². The summed E-state index contributed by atoms with van der Waals surface area (Å²) in [5.41, 5.74) is 6.49. The molecule has 122 valence electrons. The summed E-state index contributed by atoms with van der Waals surface area (Å²) in [6, 6.07) is 4.61. The Morgan fingerprint density at radius 2 is 2.05 bits per heavy atom. The van der Waals surface area contributed by atoms with Gasteiger partial charge in [0.1, 0.15) is 5.75 Å². The van der Waals surface area contributed by atoms with Crippen LogP contribution in [0.4, 0.5) is 5.69 Å². The molecule has 6 heteroatoms. The zero-order chi connectivity index (χ0) is 16.5. The Hall–Kier alpha value is -2.24. The number of nitrogens with two attached hydrogens (primary N) is 1. The van der Waals surface area contributed by atoms with Crippen molar-refractivity contribution >= 4 is 17.6 Å². The molecule has 0 aliphatic heterocycles. The Bertz CT molecular complexity index is 515. The smallest absolute Gasteiger partial charge is 0.338 e. The summed E-state index contributed by atoms with van der Waals surface area (Å²) in [7, 11) is 0. The maximum absolute atomic E-state index is 11.7. The molecule has 0 aliphatic rings. The van der Waals surface area contributed by atoms with Gasteiger partial charge in [-0.25, -0.2) is 4.79 Å². The van der Waals surface area contributed by atoms with Crippen LogP contribution < -0.4 is 15.8 Å². The van der Waals surface area contributed by atoms with E-state index in [1.807, 2.05) is 20.8 Å². The van der Waals surface area contributed by atoms with E-state index in [4.69, 9.17) is 15.2 Å². The van der Waals surface area contributed by atoms with Gasteiger partial charge in [-0.3, -0.25) is 4.79 Å². The molecule has 1 aromatic rings. The van der Waals surface area contributed by atoms with E-state index in [0.717, 1.165) is 6.42 Å². The Labute approximate surface area is 131 Å². The fourth-order valence-electron chi connectivity index (χ4n) is 1.60. The van der Waals surface area contributed by atoms with Gasteiger partial charge in [0.05, 0.1) is 17.9 Å². The van der Waals surface area contributed by atoms with Gasteiger partial charge in [-0.05, 0) is 30.5 Å². The molecule has 0 aliphatic carbocycles. The van der Waals surface area contributed by atoms with Gasteiger partial charge in [-0.2, -0.15) is 0 Å². The van der Waals surface area contributed by atoms with Gasteiger partial charge < -0.3 is 20.5 Å². The van der Waals surface area contributed by atoms with Crippen molar-refractivity contribution in [3.63, 3.8) is 0 Å². The van der Waals surface area contributed by atoms with Crippen LogP contribution in [-0.4, -0.2) is 31.6 Å². The molecule has 0 heterocycles. The Balaban J connectivity index is 2.55. The molecule has 0 atom stereocenters. The molecule has 1 amide bonds. The number of rotatable bonds is 8. The molecule has 0 saturated heterocycles. The monoisotopic (exact) mass is 308 g/mol. The largest absolute Gasteiger partial charge is 0.482 e. The standard InChI is InChI=1S/C16H24N2O4/c1-4-7-21-16(20)12-5-6-14(13(17)8-12)22-10-15(19)18-9-11(2)3/h5-6,8,11H,4,7,9-10,17H2,1-3H3,(H,18,19). The van der Waals surface area contributed by atoms with E-state index in [1.165, 1.54) is 6.07 Å². The number of hydrogen-bond donors (Lipinski definition) is 2. The van der Waals surface area contributed by atoms with Crippen molar-refractivity contribution in [1.29, 1.82) is 0 Å². The van der Waals surface area contributed by atoms with Crippen LogP contribution in [-0.2, 0) is 9.53 Å². The number of esters is 1. The first-order valence-electron chi connectivity index (χ1n) is 7.40. The van der Waals surface area contributed by atoms with Gasteiger partial charge in [0, 0.05) is 6.54 Å². The number of anilines is 1. The van der Waals surface area contributed by atoms with Crippen molar-refractivity contribution in [2.24, 2.45) is 5.92 Å². The maximum atomic E-state index is 11.7. The van der Waals surface area contributed by atoms with Crippen LogP contribution in [0.1, 0.15) is 37.6 Å². The van der Waals surface area contributed by atoms with E-state index in [-0.39, 0.29) is 12.5 Å². The second kappa shape index (κ2) is 8.92. The van der Waals surface area contributed by atoms with Crippen LogP contribution in [0.2, 0.25) is 0 Å².